The summed E-state index contributed by atoms with van der Waals surface area (Å²) in [6.07, 6.45) is 33.0. The van der Waals surface area contributed by atoms with Crippen molar-refractivity contribution < 1.29 is 4.74 Å². The van der Waals surface area contributed by atoms with Crippen LogP contribution in [0.4, 0.5) is 0 Å². The molecule has 34 heavy (non-hydrogen) atoms. The van der Waals surface area contributed by atoms with Gasteiger partial charge in [-0.15, -0.1) is 0 Å². The summed E-state index contributed by atoms with van der Waals surface area (Å²) in [5.74, 6) is 0.934. The molecule has 0 radical (unpaired) electrons. The molecule has 2 heteroatoms. The van der Waals surface area contributed by atoms with Crippen molar-refractivity contribution in [1.29, 1.82) is 0 Å². The molecule has 0 spiro atoms. The Morgan fingerprint density at radius 2 is 0.853 bits per heavy atom. The quantitative estimate of drug-likeness (QED) is 0.136. The predicted octanol–water partition coefficient (Wildman–Crippen LogP) is 10.2. The first kappa shape index (κ1) is 31.0. The minimum atomic E-state index is 0.571. The summed E-state index contributed by atoms with van der Waals surface area (Å²) >= 11 is 0. The zero-order chi connectivity index (χ0) is 24.4. The number of aryl methyl sites for hydroxylation is 1. The van der Waals surface area contributed by atoms with E-state index in [1.54, 1.807) is 0 Å². The Balaban J connectivity index is 1.73. The standard InChI is InChI=1S/C32H59NO/c1-2-3-4-5-6-7-8-9-10-11-12-13-14-15-16-17-18-19-20-21-22-23-24-31-25-27-32(28-26-31)34-30-29-33/h25-28H,2-24,29-30,33H2,1H3. The first-order valence-electron chi connectivity index (χ1n) is 15.3. The van der Waals surface area contributed by atoms with Gasteiger partial charge in [0.1, 0.15) is 12.4 Å². The number of hydrogen-bond acceptors (Lipinski definition) is 2. The van der Waals surface area contributed by atoms with Gasteiger partial charge in [0.25, 0.3) is 0 Å². The molecule has 0 aromatic heterocycles. The molecule has 1 aromatic carbocycles. The number of nitrogens with two attached hydrogens (primary N) is 1. The Morgan fingerprint density at radius 3 is 1.21 bits per heavy atom. The second-order valence-electron chi connectivity index (χ2n) is 10.5. The van der Waals surface area contributed by atoms with Crippen molar-refractivity contribution in [3.8, 4) is 5.75 Å². The van der Waals surface area contributed by atoms with E-state index in [4.69, 9.17) is 10.5 Å². The smallest absolute Gasteiger partial charge is 0.119 e. The molecule has 0 amide bonds. The highest BCUT2D eigenvalue weighted by molar-refractivity contribution is 5.27. The molecule has 0 bridgehead atoms. The molecule has 0 saturated carbocycles. The van der Waals surface area contributed by atoms with Crippen LogP contribution in [0.1, 0.15) is 154 Å². The minimum absolute atomic E-state index is 0.571. The molecule has 0 heterocycles. The van der Waals surface area contributed by atoms with Crippen molar-refractivity contribution in [1.82, 2.24) is 0 Å². The van der Waals surface area contributed by atoms with Gasteiger partial charge in [-0.05, 0) is 30.5 Å². The molecular weight excluding hydrogens is 414 g/mol. The van der Waals surface area contributed by atoms with Crippen molar-refractivity contribution in [2.24, 2.45) is 5.73 Å². The third-order valence-corrected chi connectivity index (χ3v) is 7.13. The van der Waals surface area contributed by atoms with Crippen molar-refractivity contribution in [2.45, 2.75) is 155 Å². The maximum Gasteiger partial charge on any atom is 0.119 e. The molecule has 2 nitrogen and oxygen atoms in total. The van der Waals surface area contributed by atoms with Gasteiger partial charge in [-0.1, -0.05) is 154 Å². The zero-order valence-electron chi connectivity index (χ0n) is 23.0. The molecule has 0 fully saturated rings. The Morgan fingerprint density at radius 1 is 0.500 bits per heavy atom. The lowest BCUT2D eigenvalue weighted by atomic mass is 10.0. The number of ether oxygens (including phenoxy) is 1. The van der Waals surface area contributed by atoms with Gasteiger partial charge >= 0.3 is 0 Å². The first-order valence-corrected chi connectivity index (χ1v) is 15.3. The normalized spacial score (nSPS) is 11.2. The lowest BCUT2D eigenvalue weighted by Gasteiger charge is -2.06. The van der Waals surface area contributed by atoms with Gasteiger partial charge in [-0.25, -0.2) is 0 Å². The van der Waals surface area contributed by atoms with Crippen LogP contribution < -0.4 is 10.5 Å². The predicted molar refractivity (Wildman–Crippen MR) is 152 cm³/mol. The molecule has 0 saturated heterocycles. The van der Waals surface area contributed by atoms with Gasteiger partial charge < -0.3 is 10.5 Å². The van der Waals surface area contributed by atoms with E-state index in [0.717, 1.165) is 5.75 Å². The summed E-state index contributed by atoms with van der Waals surface area (Å²) in [5, 5.41) is 0. The Bertz CT molecular complexity index is 512. The van der Waals surface area contributed by atoms with Crippen LogP contribution in [-0.4, -0.2) is 13.2 Å². The van der Waals surface area contributed by atoms with E-state index < -0.39 is 0 Å². The second kappa shape index (κ2) is 25.1. The monoisotopic (exact) mass is 473 g/mol. The van der Waals surface area contributed by atoms with Crippen molar-refractivity contribution in [3.05, 3.63) is 29.8 Å². The minimum Gasteiger partial charge on any atom is -0.492 e. The third-order valence-electron chi connectivity index (χ3n) is 7.13. The fourth-order valence-corrected chi connectivity index (χ4v) is 4.87. The van der Waals surface area contributed by atoms with Crippen molar-refractivity contribution >= 4 is 0 Å². The van der Waals surface area contributed by atoms with Gasteiger partial charge in [-0.3, -0.25) is 0 Å². The molecule has 1 rings (SSSR count). The fraction of sp³-hybridized carbons (Fsp3) is 0.812. The van der Waals surface area contributed by atoms with Crippen molar-refractivity contribution in [2.75, 3.05) is 13.2 Å². The maximum atomic E-state index is 5.54. The lowest BCUT2D eigenvalue weighted by Crippen LogP contribution is -2.10. The van der Waals surface area contributed by atoms with Gasteiger partial charge in [0.15, 0.2) is 0 Å². The molecule has 198 valence electrons. The number of benzene rings is 1. The van der Waals surface area contributed by atoms with Gasteiger partial charge in [0, 0.05) is 6.54 Å². The summed E-state index contributed by atoms with van der Waals surface area (Å²) in [4.78, 5) is 0. The van der Waals surface area contributed by atoms with Gasteiger partial charge in [-0.2, -0.15) is 0 Å². The van der Waals surface area contributed by atoms with Crippen LogP contribution in [0, 0.1) is 0 Å². The van der Waals surface area contributed by atoms with Crippen LogP contribution in [0.2, 0.25) is 0 Å². The molecule has 0 aliphatic heterocycles. The van der Waals surface area contributed by atoms with E-state index in [-0.39, 0.29) is 0 Å². The summed E-state index contributed by atoms with van der Waals surface area (Å²) in [5.41, 5.74) is 6.90. The van der Waals surface area contributed by atoms with Crippen LogP contribution in [0.15, 0.2) is 24.3 Å². The van der Waals surface area contributed by atoms with Crippen LogP contribution in [-0.2, 0) is 6.42 Å². The topological polar surface area (TPSA) is 35.2 Å². The molecule has 0 atom stereocenters. The van der Waals surface area contributed by atoms with Crippen LogP contribution >= 0.6 is 0 Å². The largest absolute Gasteiger partial charge is 0.492 e. The fourth-order valence-electron chi connectivity index (χ4n) is 4.87. The SMILES string of the molecule is CCCCCCCCCCCCCCCCCCCCCCCCc1ccc(OCCN)cc1. The highest BCUT2D eigenvalue weighted by atomic mass is 16.5. The molecular formula is C32H59NO. The average molecular weight is 474 g/mol. The van der Waals surface area contributed by atoms with E-state index >= 15 is 0 Å². The third kappa shape index (κ3) is 20.4. The highest BCUT2D eigenvalue weighted by Crippen LogP contribution is 2.17. The van der Waals surface area contributed by atoms with E-state index in [2.05, 4.69) is 31.2 Å². The van der Waals surface area contributed by atoms with Crippen LogP contribution in [0.5, 0.6) is 5.75 Å². The van der Waals surface area contributed by atoms with Crippen LogP contribution in [0.25, 0.3) is 0 Å². The van der Waals surface area contributed by atoms with Crippen molar-refractivity contribution in [3.63, 3.8) is 0 Å². The van der Waals surface area contributed by atoms with E-state index in [1.165, 1.54) is 153 Å². The average Bonchev–Trinajstić information content (AvgIpc) is 2.86. The summed E-state index contributed by atoms with van der Waals surface area (Å²) < 4.78 is 5.54. The van der Waals surface area contributed by atoms with E-state index in [1.807, 2.05) is 0 Å². The second-order valence-corrected chi connectivity index (χ2v) is 10.5. The van der Waals surface area contributed by atoms with Crippen LogP contribution in [0.3, 0.4) is 0 Å². The summed E-state index contributed by atoms with van der Waals surface area (Å²) in [7, 11) is 0. The van der Waals surface area contributed by atoms with Gasteiger partial charge in [0.05, 0.1) is 0 Å². The summed E-state index contributed by atoms with van der Waals surface area (Å²) in [6.45, 7) is 3.47. The van der Waals surface area contributed by atoms with E-state index in [0.29, 0.717) is 13.2 Å². The summed E-state index contributed by atoms with van der Waals surface area (Å²) in [6, 6.07) is 8.54. The number of unbranched alkanes of at least 4 members (excludes halogenated alkanes) is 21. The number of hydrogen-bond donors (Lipinski definition) is 1. The Hall–Kier alpha value is -1.02. The molecule has 0 aliphatic carbocycles. The highest BCUT2D eigenvalue weighted by Gasteiger charge is 1.98. The van der Waals surface area contributed by atoms with E-state index in [9.17, 15) is 0 Å². The lowest BCUT2D eigenvalue weighted by molar-refractivity contribution is 0.328. The molecule has 0 unspecified atom stereocenters. The number of rotatable bonds is 26. The maximum absolute atomic E-state index is 5.54. The van der Waals surface area contributed by atoms with Gasteiger partial charge in [0.2, 0.25) is 0 Å². The molecule has 1 aromatic rings. The zero-order valence-corrected chi connectivity index (χ0v) is 23.0. The Kier molecular flexibility index (Phi) is 22.9. The first-order chi connectivity index (χ1) is 16.9. The molecule has 0 aliphatic rings. The Labute approximate surface area is 213 Å². The molecule has 2 N–H and O–H groups in total.